The highest BCUT2D eigenvalue weighted by Crippen LogP contribution is 2.19. The molecule has 0 aromatic rings. The van der Waals surface area contributed by atoms with Crippen molar-refractivity contribution < 1.29 is 28.6 Å². The molecule has 0 rings (SSSR count). The summed E-state index contributed by atoms with van der Waals surface area (Å²) >= 11 is 0. The third kappa shape index (κ3) is 55.2. The molecule has 0 aliphatic carbocycles. The minimum absolute atomic E-state index is 0.0637. The first-order valence-corrected chi connectivity index (χ1v) is 30.1. The summed E-state index contributed by atoms with van der Waals surface area (Å²) in [6.45, 7) is 13.8. The van der Waals surface area contributed by atoms with Gasteiger partial charge in [-0.05, 0) is 37.0 Å². The lowest BCUT2D eigenvalue weighted by Crippen LogP contribution is -2.30. The SMILES string of the molecule is CC(C)CCCCCCCCCCCCCCCCCCCCC(=O)OC[C@@H](COC(=O)CCCCCCCCCCCCCCCCC(C)C)OC(=O)CCCCCCCCCCC(C)C. The van der Waals surface area contributed by atoms with E-state index in [2.05, 4.69) is 41.5 Å². The summed E-state index contributed by atoms with van der Waals surface area (Å²) in [4.78, 5) is 38.1. The average molecular weight is 948 g/mol. The van der Waals surface area contributed by atoms with Gasteiger partial charge in [0.1, 0.15) is 13.2 Å². The molecule has 0 unspecified atom stereocenters. The summed E-state index contributed by atoms with van der Waals surface area (Å²) in [6, 6.07) is 0. The fraction of sp³-hybridized carbons (Fsp3) is 0.951. The maximum absolute atomic E-state index is 12.8. The number of rotatable bonds is 54. The molecule has 0 saturated carbocycles. The Morgan fingerprint density at radius 1 is 0.254 bits per heavy atom. The van der Waals surface area contributed by atoms with Crippen LogP contribution in [0.1, 0.15) is 337 Å². The molecule has 6 heteroatoms. The van der Waals surface area contributed by atoms with E-state index in [9.17, 15) is 14.4 Å². The van der Waals surface area contributed by atoms with Crippen molar-refractivity contribution in [2.75, 3.05) is 13.2 Å². The Kier molecular flexibility index (Phi) is 51.0. The van der Waals surface area contributed by atoms with Crippen molar-refractivity contribution in [2.24, 2.45) is 17.8 Å². The van der Waals surface area contributed by atoms with Crippen LogP contribution in [0.3, 0.4) is 0 Å². The van der Waals surface area contributed by atoms with Gasteiger partial charge in [0, 0.05) is 19.3 Å². The Hall–Kier alpha value is -1.59. The van der Waals surface area contributed by atoms with Crippen LogP contribution in [-0.4, -0.2) is 37.2 Å². The molecule has 0 amide bonds. The fourth-order valence-corrected chi connectivity index (χ4v) is 9.35. The molecule has 0 spiro atoms. The third-order valence-electron chi connectivity index (χ3n) is 13.9. The van der Waals surface area contributed by atoms with Gasteiger partial charge in [-0.15, -0.1) is 0 Å². The van der Waals surface area contributed by atoms with Gasteiger partial charge >= 0.3 is 17.9 Å². The normalized spacial score (nSPS) is 12.1. The zero-order valence-electron chi connectivity index (χ0n) is 46.2. The van der Waals surface area contributed by atoms with Gasteiger partial charge < -0.3 is 14.2 Å². The molecule has 0 aliphatic heterocycles. The molecule has 0 saturated heterocycles. The molecular weight excluding hydrogens is 829 g/mol. The van der Waals surface area contributed by atoms with Crippen LogP contribution >= 0.6 is 0 Å². The highest BCUT2D eigenvalue weighted by Gasteiger charge is 2.19. The molecule has 0 fully saturated rings. The van der Waals surface area contributed by atoms with Crippen molar-refractivity contribution in [2.45, 2.75) is 343 Å². The Bertz CT molecular complexity index is 1040. The highest BCUT2D eigenvalue weighted by atomic mass is 16.6. The molecule has 0 aliphatic rings. The summed E-state index contributed by atoms with van der Waals surface area (Å²) in [6.07, 6.45) is 55.4. The van der Waals surface area contributed by atoms with E-state index in [1.165, 1.54) is 218 Å². The van der Waals surface area contributed by atoms with E-state index in [0.717, 1.165) is 75.5 Å². The van der Waals surface area contributed by atoms with E-state index in [1.54, 1.807) is 0 Å². The number of carbonyl (C=O) groups is 3. The summed E-state index contributed by atoms with van der Waals surface area (Å²) in [5.41, 5.74) is 0. The van der Waals surface area contributed by atoms with Crippen molar-refractivity contribution in [3.8, 4) is 0 Å². The summed E-state index contributed by atoms with van der Waals surface area (Å²) in [5, 5.41) is 0. The summed E-state index contributed by atoms with van der Waals surface area (Å²) in [5.74, 6) is 1.65. The molecular formula is C61H118O6. The van der Waals surface area contributed by atoms with Crippen LogP contribution in [0.2, 0.25) is 0 Å². The van der Waals surface area contributed by atoms with Gasteiger partial charge in [-0.25, -0.2) is 0 Å². The van der Waals surface area contributed by atoms with Crippen molar-refractivity contribution in [1.82, 2.24) is 0 Å². The van der Waals surface area contributed by atoms with E-state index in [0.29, 0.717) is 19.3 Å². The van der Waals surface area contributed by atoms with Crippen LogP contribution < -0.4 is 0 Å². The maximum atomic E-state index is 12.8. The standard InChI is InChI=1S/C61H118O6/c1-55(2)47-41-35-29-23-19-15-11-9-7-8-10-12-17-21-25-32-38-44-50-59(62)65-53-58(67-61(64)52-46-40-34-28-27-31-37-43-49-57(5)6)54-66-60(63)51-45-39-33-26-22-18-14-13-16-20-24-30-36-42-48-56(3)4/h55-58H,7-54H2,1-6H3/t58-/m0/s1. The molecule has 0 radical (unpaired) electrons. The first-order chi connectivity index (χ1) is 32.6. The van der Waals surface area contributed by atoms with Gasteiger partial charge in [0.15, 0.2) is 6.10 Å². The molecule has 0 aromatic heterocycles. The number of unbranched alkanes of at least 4 members (excludes halogenated alkanes) is 37. The second kappa shape index (κ2) is 52.2. The molecule has 0 heterocycles. The minimum Gasteiger partial charge on any atom is -0.462 e. The van der Waals surface area contributed by atoms with E-state index in [-0.39, 0.29) is 31.1 Å². The van der Waals surface area contributed by atoms with Crippen molar-refractivity contribution in [3.05, 3.63) is 0 Å². The van der Waals surface area contributed by atoms with Crippen LogP contribution in [0.4, 0.5) is 0 Å². The van der Waals surface area contributed by atoms with E-state index >= 15 is 0 Å². The molecule has 67 heavy (non-hydrogen) atoms. The van der Waals surface area contributed by atoms with Gasteiger partial charge in [0.05, 0.1) is 0 Å². The smallest absolute Gasteiger partial charge is 0.306 e. The van der Waals surface area contributed by atoms with Crippen LogP contribution in [0, 0.1) is 17.8 Å². The topological polar surface area (TPSA) is 78.9 Å². The van der Waals surface area contributed by atoms with Gasteiger partial charge in [-0.3, -0.25) is 14.4 Å². The van der Waals surface area contributed by atoms with E-state index < -0.39 is 6.10 Å². The van der Waals surface area contributed by atoms with Crippen LogP contribution in [0.15, 0.2) is 0 Å². The number of hydrogen-bond donors (Lipinski definition) is 0. The van der Waals surface area contributed by atoms with Crippen LogP contribution in [-0.2, 0) is 28.6 Å². The lowest BCUT2D eigenvalue weighted by Gasteiger charge is -2.18. The zero-order valence-corrected chi connectivity index (χ0v) is 46.2. The second-order valence-corrected chi connectivity index (χ2v) is 22.4. The molecule has 0 bridgehead atoms. The Morgan fingerprint density at radius 3 is 0.642 bits per heavy atom. The molecule has 0 N–H and O–H groups in total. The number of hydrogen-bond acceptors (Lipinski definition) is 6. The quantitative estimate of drug-likeness (QED) is 0.0343. The Labute approximate surface area is 418 Å². The highest BCUT2D eigenvalue weighted by molar-refractivity contribution is 5.71. The average Bonchev–Trinajstić information content (AvgIpc) is 3.29. The lowest BCUT2D eigenvalue weighted by atomic mass is 10.0. The van der Waals surface area contributed by atoms with Gasteiger partial charge in [0.2, 0.25) is 0 Å². The van der Waals surface area contributed by atoms with Gasteiger partial charge in [0.25, 0.3) is 0 Å². The Balaban J connectivity index is 4.21. The van der Waals surface area contributed by atoms with Crippen molar-refractivity contribution in [1.29, 1.82) is 0 Å². The second-order valence-electron chi connectivity index (χ2n) is 22.4. The molecule has 0 aromatic carbocycles. The monoisotopic (exact) mass is 947 g/mol. The largest absolute Gasteiger partial charge is 0.462 e. The first kappa shape index (κ1) is 65.4. The summed E-state index contributed by atoms with van der Waals surface area (Å²) in [7, 11) is 0. The van der Waals surface area contributed by atoms with Crippen molar-refractivity contribution in [3.63, 3.8) is 0 Å². The predicted octanol–water partition coefficient (Wildman–Crippen LogP) is 19.9. The molecule has 1 atom stereocenters. The number of carbonyl (C=O) groups excluding carboxylic acids is 3. The number of esters is 3. The van der Waals surface area contributed by atoms with Crippen LogP contribution in [0.5, 0.6) is 0 Å². The van der Waals surface area contributed by atoms with E-state index in [4.69, 9.17) is 14.2 Å². The number of ether oxygens (including phenoxy) is 3. The van der Waals surface area contributed by atoms with E-state index in [1.807, 2.05) is 0 Å². The third-order valence-corrected chi connectivity index (χ3v) is 13.9. The van der Waals surface area contributed by atoms with Crippen LogP contribution in [0.25, 0.3) is 0 Å². The fourth-order valence-electron chi connectivity index (χ4n) is 9.35. The minimum atomic E-state index is -0.764. The van der Waals surface area contributed by atoms with Crippen molar-refractivity contribution >= 4 is 17.9 Å². The maximum Gasteiger partial charge on any atom is 0.306 e. The zero-order chi connectivity index (χ0) is 49.1. The molecule has 398 valence electrons. The summed E-state index contributed by atoms with van der Waals surface area (Å²) < 4.78 is 16.9. The van der Waals surface area contributed by atoms with Gasteiger partial charge in [-0.1, -0.05) is 298 Å². The molecule has 6 nitrogen and oxygen atoms in total. The first-order valence-electron chi connectivity index (χ1n) is 30.1. The predicted molar refractivity (Wildman–Crippen MR) is 289 cm³/mol. The lowest BCUT2D eigenvalue weighted by molar-refractivity contribution is -0.167. The Morgan fingerprint density at radius 2 is 0.433 bits per heavy atom. The van der Waals surface area contributed by atoms with Gasteiger partial charge in [-0.2, -0.15) is 0 Å².